The van der Waals surface area contributed by atoms with Crippen molar-refractivity contribution in [2.45, 2.75) is 33.6 Å². The Morgan fingerprint density at radius 3 is 2.00 bits per heavy atom. The standard InChI is InChI=1S/C13H18O/c1-9(2)13(11(4)14)12-7-5-10(3)6-8-12/h5-9,13H,1-4H3. The summed E-state index contributed by atoms with van der Waals surface area (Å²) in [6.45, 7) is 7.91. The van der Waals surface area contributed by atoms with Gasteiger partial charge in [0.15, 0.2) is 0 Å². The van der Waals surface area contributed by atoms with Crippen LogP contribution in [0.4, 0.5) is 0 Å². The molecule has 1 unspecified atom stereocenters. The van der Waals surface area contributed by atoms with Crippen molar-refractivity contribution >= 4 is 5.78 Å². The van der Waals surface area contributed by atoms with Crippen LogP contribution in [0.5, 0.6) is 0 Å². The fraction of sp³-hybridized carbons (Fsp3) is 0.462. The van der Waals surface area contributed by atoms with Crippen LogP contribution in [0.15, 0.2) is 24.3 Å². The zero-order valence-corrected chi connectivity index (χ0v) is 9.37. The minimum Gasteiger partial charge on any atom is -0.299 e. The average Bonchev–Trinajstić information content (AvgIpc) is 2.07. The molecule has 0 aromatic heterocycles. The maximum atomic E-state index is 11.5. The van der Waals surface area contributed by atoms with Gasteiger partial charge >= 0.3 is 0 Å². The van der Waals surface area contributed by atoms with Crippen molar-refractivity contribution < 1.29 is 4.79 Å². The van der Waals surface area contributed by atoms with Gasteiger partial charge in [-0.1, -0.05) is 43.7 Å². The molecule has 76 valence electrons. The number of carbonyl (C=O) groups excluding carboxylic acids is 1. The van der Waals surface area contributed by atoms with Crippen LogP contribution in [-0.4, -0.2) is 5.78 Å². The predicted molar refractivity (Wildman–Crippen MR) is 59.4 cm³/mol. The Kier molecular flexibility index (Phi) is 3.45. The molecule has 1 aromatic rings. The molecule has 0 aliphatic carbocycles. The van der Waals surface area contributed by atoms with Crippen LogP contribution in [0.1, 0.15) is 37.8 Å². The number of hydrogen-bond donors (Lipinski definition) is 0. The molecule has 1 atom stereocenters. The molecule has 0 radical (unpaired) electrons. The van der Waals surface area contributed by atoms with Crippen molar-refractivity contribution in [1.29, 1.82) is 0 Å². The topological polar surface area (TPSA) is 17.1 Å². The monoisotopic (exact) mass is 190 g/mol. The lowest BCUT2D eigenvalue weighted by Crippen LogP contribution is -2.15. The van der Waals surface area contributed by atoms with Gasteiger partial charge in [-0.2, -0.15) is 0 Å². The van der Waals surface area contributed by atoms with E-state index in [0.29, 0.717) is 5.92 Å². The third kappa shape index (κ3) is 2.44. The Bertz CT molecular complexity index is 309. The smallest absolute Gasteiger partial charge is 0.137 e. The summed E-state index contributed by atoms with van der Waals surface area (Å²) in [6, 6.07) is 8.24. The van der Waals surface area contributed by atoms with E-state index < -0.39 is 0 Å². The summed E-state index contributed by atoms with van der Waals surface area (Å²) >= 11 is 0. The summed E-state index contributed by atoms with van der Waals surface area (Å²) in [5.74, 6) is 0.676. The summed E-state index contributed by atoms with van der Waals surface area (Å²) in [6.07, 6.45) is 0. The van der Waals surface area contributed by atoms with Gasteiger partial charge < -0.3 is 0 Å². The van der Waals surface area contributed by atoms with Crippen LogP contribution in [0.2, 0.25) is 0 Å². The van der Waals surface area contributed by atoms with Crippen molar-refractivity contribution in [3.8, 4) is 0 Å². The van der Waals surface area contributed by atoms with Crippen LogP contribution in [0.3, 0.4) is 0 Å². The van der Waals surface area contributed by atoms with E-state index in [1.807, 2.05) is 0 Å². The second kappa shape index (κ2) is 4.41. The van der Waals surface area contributed by atoms with Gasteiger partial charge in [0, 0.05) is 5.92 Å². The summed E-state index contributed by atoms with van der Waals surface area (Å²) in [4.78, 5) is 11.5. The van der Waals surface area contributed by atoms with E-state index in [1.165, 1.54) is 5.56 Å². The minimum atomic E-state index is 0.0515. The van der Waals surface area contributed by atoms with Gasteiger partial charge in [0.25, 0.3) is 0 Å². The number of benzene rings is 1. The molecule has 0 heterocycles. The van der Waals surface area contributed by atoms with E-state index in [2.05, 4.69) is 45.0 Å². The first-order valence-corrected chi connectivity index (χ1v) is 5.09. The van der Waals surface area contributed by atoms with Crippen LogP contribution in [0.25, 0.3) is 0 Å². The highest BCUT2D eigenvalue weighted by atomic mass is 16.1. The number of aryl methyl sites for hydroxylation is 1. The molecular weight excluding hydrogens is 172 g/mol. The van der Waals surface area contributed by atoms with Gasteiger partial charge in [0.1, 0.15) is 5.78 Å². The fourth-order valence-corrected chi connectivity index (χ4v) is 1.86. The Hall–Kier alpha value is -1.11. The maximum Gasteiger partial charge on any atom is 0.137 e. The SMILES string of the molecule is CC(=O)C(c1ccc(C)cc1)C(C)C. The van der Waals surface area contributed by atoms with Crippen molar-refractivity contribution in [1.82, 2.24) is 0 Å². The predicted octanol–water partition coefficient (Wildman–Crippen LogP) is 3.32. The van der Waals surface area contributed by atoms with Crippen LogP contribution >= 0.6 is 0 Å². The lowest BCUT2D eigenvalue weighted by molar-refractivity contribution is -0.119. The van der Waals surface area contributed by atoms with E-state index >= 15 is 0 Å². The Labute approximate surface area is 86.1 Å². The molecule has 0 saturated heterocycles. The molecule has 1 rings (SSSR count). The molecule has 0 N–H and O–H groups in total. The number of Topliss-reactive ketones (excluding diaryl/α,β-unsaturated/α-hetero) is 1. The Morgan fingerprint density at radius 1 is 1.14 bits per heavy atom. The molecule has 14 heavy (non-hydrogen) atoms. The number of rotatable bonds is 3. The molecule has 0 amide bonds. The second-order valence-electron chi connectivity index (χ2n) is 4.24. The van der Waals surface area contributed by atoms with E-state index in [4.69, 9.17) is 0 Å². The van der Waals surface area contributed by atoms with E-state index in [0.717, 1.165) is 5.56 Å². The molecule has 0 saturated carbocycles. The molecule has 1 aromatic carbocycles. The van der Waals surface area contributed by atoms with Crippen LogP contribution in [-0.2, 0) is 4.79 Å². The van der Waals surface area contributed by atoms with Crippen molar-refractivity contribution in [2.24, 2.45) is 5.92 Å². The molecule has 0 fully saturated rings. The highest BCUT2D eigenvalue weighted by Crippen LogP contribution is 2.25. The fourth-order valence-electron chi connectivity index (χ4n) is 1.86. The van der Waals surface area contributed by atoms with Gasteiger partial charge in [0.05, 0.1) is 0 Å². The van der Waals surface area contributed by atoms with Gasteiger partial charge in [-0.25, -0.2) is 0 Å². The van der Waals surface area contributed by atoms with Gasteiger partial charge in [0.2, 0.25) is 0 Å². The zero-order chi connectivity index (χ0) is 10.7. The third-order valence-corrected chi connectivity index (χ3v) is 2.54. The van der Waals surface area contributed by atoms with Gasteiger partial charge in [-0.15, -0.1) is 0 Å². The van der Waals surface area contributed by atoms with Crippen LogP contribution < -0.4 is 0 Å². The summed E-state index contributed by atoms with van der Waals surface area (Å²) < 4.78 is 0. The summed E-state index contributed by atoms with van der Waals surface area (Å²) in [5, 5.41) is 0. The first-order chi connectivity index (χ1) is 6.52. The number of carbonyl (C=O) groups is 1. The van der Waals surface area contributed by atoms with Gasteiger partial charge in [-0.3, -0.25) is 4.79 Å². The largest absolute Gasteiger partial charge is 0.299 e. The first kappa shape index (κ1) is 11.0. The second-order valence-corrected chi connectivity index (χ2v) is 4.24. The summed E-state index contributed by atoms with van der Waals surface area (Å²) in [7, 11) is 0. The third-order valence-electron chi connectivity index (χ3n) is 2.54. The molecule has 1 nitrogen and oxygen atoms in total. The average molecular weight is 190 g/mol. The Balaban J connectivity index is 3.00. The van der Waals surface area contributed by atoms with Crippen LogP contribution in [0, 0.1) is 12.8 Å². The molecular formula is C13H18O. The minimum absolute atomic E-state index is 0.0515. The molecule has 0 aliphatic rings. The van der Waals surface area contributed by atoms with E-state index in [1.54, 1.807) is 6.92 Å². The van der Waals surface area contributed by atoms with E-state index in [9.17, 15) is 4.79 Å². The quantitative estimate of drug-likeness (QED) is 0.714. The zero-order valence-electron chi connectivity index (χ0n) is 9.37. The molecule has 1 heteroatoms. The van der Waals surface area contributed by atoms with Gasteiger partial charge in [-0.05, 0) is 25.3 Å². The van der Waals surface area contributed by atoms with E-state index in [-0.39, 0.29) is 11.7 Å². The van der Waals surface area contributed by atoms with Crippen molar-refractivity contribution in [2.75, 3.05) is 0 Å². The highest BCUT2D eigenvalue weighted by molar-refractivity contribution is 5.83. The molecule has 0 spiro atoms. The number of ketones is 1. The maximum absolute atomic E-state index is 11.5. The normalized spacial score (nSPS) is 12.9. The summed E-state index contributed by atoms with van der Waals surface area (Å²) in [5.41, 5.74) is 2.37. The lowest BCUT2D eigenvalue weighted by atomic mass is 9.85. The molecule has 0 aliphatic heterocycles. The highest BCUT2D eigenvalue weighted by Gasteiger charge is 2.19. The molecule has 0 bridgehead atoms. The van der Waals surface area contributed by atoms with Crippen molar-refractivity contribution in [3.63, 3.8) is 0 Å². The Morgan fingerprint density at radius 2 is 1.64 bits per heavy atom. The number of hydrogen-bond acceptors (Lipinski definition) is 1. The first-order valence-electron chi connectivity index (χ1n) is 5.09. The van der Waals surface area contributed by atoms with Crippen molar-refractivity contribution in [3.05, 3.63) is 35.4 Å². The lowest BCUT2D eigenvalue weighted by Gasteiger charge is -2.18.